The molecule has 0 radical (unpaired) electrons. The molecule has 12 heteroatoms. The second-order valence-corrected chi connectivity index (χ2v) is 10.4. The second kappa shape index (κ2) is 11.6. The van der Waals surface area contributed by atoms with E-state index in [1.165, 1.54) is 12.1 Å². The molecule has 0 saturated heterocycles. The number of amides is 1. The smallest absolute Gasteiger partial charge is 0.298 e. The number of benzene rings is 4. The molecular weight excluding hydrogens is 565 g/mol. The lowest BCUT2D eigenvalue weighted by Gasteiger charge is -2.14. The summed E-state index contributed by atoms with van der Waals surface area (Å²) in [5.41, 5.74) is 0.334. The number of halogens is 2. The van der Waals surface area contributed by atoms with Crippen LogP contribution in [0.1, 0.15) is 29.8 Å². The van der Waals surface area contributed by atoms with Crippen LogP contribution in [0.25, 0.3) is 10.8 Å². The molecule has 3 N–H and O–H groups in total. The molecule has 0 aliphatic rings. The zero-order valence-corrected chi connectivity index (χ0v) is 23.1. The van der Waals surface area contributed by atoms with Crippen LogP contribution in [-0.2, 0) is 16.5 Å². The van der Waals surface area contributed by atoms with Crippen molar-refractivity contribution in [1.29, 1.82) is 0 Å². The number of hydrogen-bond acceptors (Lipinski definition) is 7. The van der Waals surface area contributed by atoms with Gasteiger partial charge in [-0.25, -0.2) is 0 Å². The number of hydrogen-bond donors (Lipinski definition) is 3. The van der Waals surface area contributed by atoms with Crippen molar-refractivity contribution in [3.8, 4) is 11.5 Å². The second-order valence-electron chi connectivity index (χ2n) is 8.26. The van der Waals surface area contributed by atoms with Gasteiger partial charge in [0.1, 0.15) is 16.3 Å². The van der Waals surface area contributed by atoms with E-state index in [2.05, 4.69) is 15.5 Å². The van der Waals surface area contributed by atoms with E-state index in [9.17, 15) is 22.9 Å². The first-order valence-electron chi connectivity index (χ1n) is 11.7. The largest absolute Gasteiger partial charge is 0.505 e. The number of fused-ring (bicyclic) bond motifs is 1. The maximum Gasteiger partial charge on any atom is 0.298 e. The Bertz CT molecular complexity index is 1720. The summed E-state index contributed by atoms with van der Waals surface area (Å²) >= 11 is 12.5. The Balaban J connectivity index is 1.84. The van der Waals surface area contributed by atoms with Crippen LogP contribution in [-0.4, -0.2) is 30.6 Å². The Morgan fingerprint density at radius 1 is 1.03 bits per heavy atom. The van der Waals surface area contributed by atoms with E-state index in [1.807, 2.05) is 0 Å². The number of aryl methyl sites for hydroxylation is 1. The number of aromatic hydroxyl groups is 1. The van der Waals surface area contributed by atoms with Crippen LogP contribution in [0.3, 0.4) is 0 Å². The van der Waals surface area contributed by atoms with Crippen molar-refractivity contribution >= 4 is 67.1 Å². The average molecular weight is 588 g/mol. The Hall–Kier alpha value is -3.70. The standard InChI is InChI=1S/C27H23Cl2N3O6S/c1-3-15-12-13-21(26(22(15)29)39(35,36)37)31-32-23-17-9-6-5-8-16(17)14-18(24(23)33)27(34)30-20-11-7-10-19(28)25(20)38-4-2/h5-14,33H,3-4H2,1-2H3,(H,30,34)(H,35,36,37). The summed E-state index contributed by atoms with van der Waals surface area (Å²) in [7, 11) is -4.76. The summed E-state index contributed by atoms with van der Waals surface area (Å²) in [5.74, 6) is -0.896. The van der Waals surface area contributed by atoms with Gasteiger partial charge in [0.05, 0.1) is 27.9 Å². The summed E-state index contributed by atoms with van der Waals surface area (Å²) < 4.78 is 39.5. The van der Waals surface area contributed by atoms with Crippen LogP contribution in [0.2, 0.25) is 10.0 Å². The van der Waals surface area contributed by atoms with Crippen molar-refractivity contribution in [3.63, 3.8) is 0 Å². The maximum absolute atomic E-state index is 13.3. The zero-order valence-electron chi connectivity index (χ0n) is 20.8. The number of para-hydroxylation sites is 1. The van der Waals surface area contributed by atoms with Gasteiger partial charge in [0.2, 0.25) is 0 Å². The van der Waals surface area contributed by atoms with Gasteiger partial charge in [0.25, 0.3) is 16.0 Å². The summed E-state index contributed by atoms with van der Waals surface area (Å²) in [6.07, 6.45) is 0.416. The average Bonchev–Trinajstić information content (AvgIpc) is 2.89. The fourth-order valence-electron chi connectivity index (χ4n) is 3.97. The molecule has 39 heavy (non-hydrogen) atoms. The Morgan fingerprint density at radius 2 is 1.77 bits per heavy atom. The highest BCUT2D eigenvalue weighted by Crippen LogP contribution is 2.42. The van der Waals surface area contributed by atoms with Gasteiger partial charge >= 0.3 is 0 Å². The number of phenols is 1. The third-order valence-corrected chi connectivity index (χ3v) is 7.57. The topological polar surface area (TPSA) is 138 Å². The quantitative estimate of drug-likeness (QED) is 0.142. The van der Waals surface area contributed by atoms with E-state index in [0.717, 1.165) is 0 Å². The molecule has 9 nitrogen and oxygen atoms in total. The van der Waals surface area contributed by atoms with Crippen molar-refractivity contribution in [2.24, 2.45) is 10.2 Å². The minimum Gasteiger partial charge on any atom is -0.505 e. The lowest BCUT2D eigenvalue weighted by atomic mass is 10.0. The van der Waals surface area contributed by atoms with E-state index in [0.29, 0.717) is 40.1 Å². The molecule has 4 rings (SSSR count). The number of nitrogens with zero attached hydrogens (tertiary/aromatic N) is 2. The summed E-state index contributed by atoms with van der Waals surface area (Å²) in [6.45, 7) is 3.86. The molecule has 0 spiro atoms. The fourth-order valence-corrected chi connectivity index (χ4v) is 5.51. The van der Waals surface area contributed by atoms with E-state index < -0.39 is 26.7 Å². The molecule has 0 aliphatic heterocycles. The van der Waals surface area contributed by atoms with Gasteiger partial charge in [-0.05, 0) is 48.6 Å². The van der Waals surface area contributed by atoms with Gasteiger partial charge in [0.15, 0.2) is 11.5 Å². The van der Waals surface area contributed by atoms with Gasteiger partial charge in [-0.1, -0.05) is 66.5 Å². The molecule has 0 heterocycles. The molecule has 4 aromatic rings. The number of carbonyl (C=O) groups is 1. The minimum absolute atomic E-state index is 0.0913. The first-order valence-corrected chi connectivity index (χ1v) is 13.9. The third-order valence-electron chi connectivity index (χ3n) is 5.80. The van der Waals surface area contributed by atoms with Crippen LogP contribution in [0.5, 0.6) is 11.5 Å². The van der Waals surface area contributed by atoms with Crippen molar-refractivity contribution in [3.05, 3.63) is 81.8 Å². The zero-order chi connectivity index (χ0) is 28.3. The Kier molecular flexibility index (Phi) is 8.41. The molecule has 4 aromatic carbocycles. The third kappa shape index (κ3) is 5.84. The van der Waals surface area contributed by atoms with Gasteiger partial charge in [-0.3, -0.25) is 9.35 Å². The van der Waals surface area contributed by atoms with Crippen LogP contribution in [0.15, 0.2) is 75.8 Å². The van der Waals surface area contributed by atoms with E-state index in [1.54, 1.807) is 62.4 Å². The van der Waals surface area contributed by atoms with E-state index in [4.69, 9.17) is 27.9 Å². The molecule has 0 unspecified atom stereocenters. The molecule has 0 atom stereocenters. The number of nitrogens with one attached hydrogen (secondary N) is 1. The maximum atomic E-state index is 13.3. The Morgan fingerprint density at radius 3 is 2.46 bits per heavy atom. The summed E-state index contributed by atoms with van der Waals surface area (Å²) in [5, 5.41) is 23.1. The van der Waals surface area contributed by atoms with Crippen LogP contribution in [0.4, 0.5) is 17.1 Å². The van der Waals surface area contributed by atoms with Gasteiger partial charge < -0.3 is 15.2 Å². The highest BCUT2D eigenvalue weighted by atomic mass is 35.5. The molecule has 0 aromatic heterocycles. The molecule has 0 aliphatic carbocycles. The molecule has 1 amide bonds. The first kappa shape index (κ1) is 28.3. The molecule has 0 fully saturated rings. The fraction of sp³-hybridized carbons (Fsp3) is 0.148. The van der Waals surface area contributed by atoms with Crippen LogP contribution >= 0.6 is 23.2 Å². The van der Waals surface area contributed by atoms with Gasteiger partial charge in [-0.15, -0.1) is 10.2 Å². The minimum atomic E-state index is -4.76. The highest BCUT2D eigenvalue weighted by Gasteiger charge is 2.24. The summed E-state index contributed by atoms with van der Waals surface area (Å²) in [6, 6.07) is 16.1. The molecule has 0 bridgehead atoms. The lowest BCUT2D eigenvalue weighted by Crippen LogP contribution is -2.13. The number of carbonyl (C=O) groups excluding carboxylic acids is 1. The van der Waals surface area contributed by atoms with E-state index >= 15 is 0 Å². The van der Waals surface area contributed by atoms with Crippen LogP contribution < -0.4 is 10.1 Å². The first-order chi connectivity index (χ1) is 18.6. The molecule has 202 valence electrons. The predicted molar refractivity (Wildman–Crippen MR) is 151 cm³/mol. The van der Waals surface area contributed by atoms with Crippen molar-refractivity contribution < 1.29 is 27.6 Å². The van der Waals surface area contributed by atoms with Gasteiger partial charge in [-0.2, -0.15) is 8.42 Å². The summed E-state index contributed by atoms with van der Waals surface area (Å²) in [4.78, 5) is 12.7. The molecule has 0 saturated carbocycles. The van der Waals surface area contributed by atoms with E-state index in [-0.39, 0.29) is 27.7 Å². The number of anilines is 1. The van der Waals surface area contributed by atoms with Crippen molar-refractivity contribution in [1.82, 2.24) is 0 Å². The number of phenolic OH excluding ortho intramolecular Hbond substituents is 1. The van der Waals surface area contributed by atoms with Crippen molar-refractivity contribution in [2.75, 3.05) is 11.9 Å². The monoisotopic (exact) mass is 587 g/mol. The lowest BCUT2D eigenvalue weighted by molar-refractivity contribution is 0.102. The van der Waals surface area contributed by atoms with Gasteiger partial charge in [0, 0.05) is 5.39 Å². The predicted octanol–water partition coefficient (Wildman–Crippen LogP) is 7.73. The normalized spacial score (nSPS) is 11.7. The Labute approximate surface area is 234 Å². The molecular formula is C27H23Cl2N3O6S. The van der Waals surface area contributed by atoms with Crippen molar-refractivity contribution in [2.45, 2.75) is 25.2 Å². The number of azo groups is 1. The van der Waals surface area contributed by atoms with Crippen LogP contribution in [0, 0.1) is 0 Å². The number of rotatable bonds is 8. The SMILES string of the molecule is CCOc1c(Cl)cccc1NC(=O)c1cc2ccccc2c(N=Nc2ccc(CC)c(Cl)c2S(=O)(=O)O)c1O. The number of ether oxygens (including phenoxy) is 1. The highest BCUT2D eigenvalue weighted by molar-refractivity contribution is 7.86.